The third kappa shape index (κ3) is 4.48. The van der Waals surface area contributed by atoms with Crippen molar-refractivity contribution in [3.63, 3.8) is 0 Å². The molecular weight excluding hydrogens is 334 g/mol. The van der Waals surface area contributed by atoms with Crippen molar-refractivity contribution >= 4 is 25.2 Å². The molecule has 0 saturated heterocycles. The Kier molecular flexibility index (Phi) is 5.77. The van der Waals surface area contributed by atoms with Gasteiger partial charge in [0.15, 0.2) is 11.6 Å². The van der Waals surface area contributed by atoms with Crippen LogP contribution in [0.2, 0.25) is 0 Å². The average Bonchev–Trinajstić information content (AvgIpc) is 2.56. The minimum Gasteiger partial charge on any atom is -0.423 e. The maximum Gasteiger partial charge on any atom is 0.338 e. The number of hydrogen-bond acceptors (Lipinski definition) is 4. The number of rotatable bonds is 5. The molecule has 0 saturated carbocycles. The van der Waals surface area contributed by atoms with Gasteiger partial charge in [-0.2, -0.15) is 0 Å². The second kappa shape index (κ2) is 7.82. The standard InChI is InChI=1S/C20H16BFO4/c1-11(2)19(23)25-14-6-7-15(16(21)10-14)13-5-8-18(17(22)9-13)26-20(24)12(3)4/h5-10H,1,3H2,2,4H3. The minimum absolute atomic E-state index is 0.164. The van der Waals surface area contributed by atoms with Crippen LogP contribution in [0.1, 0.15) is 13.8 Å². The summed E-state index contributed by atoms with van der Waals surface area (Å²) in [5.41, 5.74) is 1.74. The van der Waals surface area contributed by atoms with Gasteiger partial charge in [0.25, 0.3) is 0 Å². The van der Waals surface area contributed by atoms with Crippen LogP contribution in [0, 0.1) is 5.82 Å². The van der Waals surface area contributed by atoms with E-state index >= 15 is 0 Å². The number of esters is 2. The van der Waals surface area contributed by atoms with Gasteiger partial charge in [-0.05, 0) is 49.2 Å². The summed E-state index contributed by atoms with van der Waals surface area (Å²) in [5.74, 6) is -1.93. The first-order chi connectivity index (χ1) is 12.2. The summed E-state index contributed by atoms with van der Waals surface area (Å²) in [6.07, 6.45) is 0. The molecule has 2 aromatic carbocycles. The summed E-state index contributed by atoms with van der Waals surface area (Å²) < 4.78 is 24.2. The molecule has 0 amide bonds. The summed E-state index contributed by atoms with van der Waals surface area (Å²) in [4.78, 5) is 23.0. The normalized spacial score (nSPS) is 10.1. The molecule has 130 valence electrons. The van der Waals surface area contributed by atoms with E-state index in [2.05, 4.69) is 13.2 Å². The maximum absolute atomic E-state index is 14.2. The fraction of sp³-hybridized carbons (Fsp3) is 0.100. The van der Waals surface area contributed by atoms with Gasteiger partial charge >= 0.3 is 11.9 Å². The molecule has 26 heavy (non-hydrogen) atoms. The molecule has 0 spiro atoms. The van der Waals surface area contributed by atoms with Crippen molar-refractivity contribution in [2.24, 2.45) is 0 Å². The monoisotopic (exact) mass is 350 g/mol. The van der Waals surface area contributed by atoms with E-state index < -0.39 is 17.8 Å². The molecule has 0 aliphatic rings. The van der Waals surface area contributed by atoms with Crippen molar-refractivity contribution < 1.29 is 23.5 Å². The van der Waals surface area contributed by atoms with Gasteiger partial charge in [0, 0.05) is 11.1 Å². The topological polar surface area (TPSA) is 52.6 Å². The van der Waals surface area contributed by atoms with Crippen LogP contribution in [0.25, 0.3) is 11.1 Å². The van der Waals surface area contributed by atoms with Gasteiger partial charge in [0.2, 0.25) is 0 Å². The van der Waals surface area contributed by atoms with E-state index in [0.717, 1.165) is 0 Å². The Balaban J connectivity index is 2.27. The minimum atomic E-state index is -0.714. The molecule has 6 heteroatoms. The zero-order chi connectivity index (χ0) is 19.4. The van der Waals surface area contributed by atoms with Crippen molar-refractivity contribution in [3.8, 4) is 22.6 Å². The smallest absolute Gasteiger partial charge is 0.338 e. The van der Waals surface area contributed by atoms with Crippen LogP contribution < -0.4 is 14.9 Å². The summed E-state index contributed by atoms with van der Waals surface area (Å²) in [7, 11) is 5.98. The lowest BCUT2D eigenvalue weighted by Crippen LogP contribution is -2.12. The molecule has 0 fully saturated rings. The molecule has 4 nitrogen and oxygen atoms in total. The van der Waals surface area contributed by atoms with Crippen LogP contribution >= 0.6 is 0 Å². The molecule has 0 atom stereocenters. The van der Waals surface area contributed by atoms with Gasteiger partial charge in [-0.1, -0.05) is 30.8 Å². The first-order valence-corrected chi connectivity index (χ1v) is 7.64. The molecule has 0 aliphatic heterocycles. The summed E-state index contributed by atoms with van der Waals surface area (Å²) >= 11 is 0. The fourth-order valence-electron chi connectivity index (χ4n) is 2.00. The second-order valence-electron chi connectivity index (χ2n) is 5.73. The molecule has 0 heterocycles. The molecule has 2 aromatic rings. The number of ether oxygens (including phenoxy) is 2. The number of hydrogen-bond donors (Lipinski definition) is 0. The molecule has 0 unspecified atom stereocenters. The Labute approximate surface area is 152 Å². The Hall–Kier alpha value is -3.15. The molecule has 0 aliphatic carbocycles. The van der Waals surface area contributed by atoms with Crippen molar-refractivity contribution in [2.45, 2.75) is 13.8 Å². The van der Waals surface area contributed by atoms with Gasteiger partial charge in [-0.3, -0.25) is 0 Å². The largest absolute Gasteiger partial charge is 0.423 e. The number of carbonyl (C=O) groups excluding carboxylic acids is 2. The highest BCUT2D eigenvalue weighted by molar-refractivity contribution is 6.36. The summed E-state index contributed by atoms with van der Waals surface area (Å²) in [6, 6.07) is 8.70. The van der Waals surface area contributed by atoms with E-state index in [-0.39, 0.29) is 22.6 Å². The SMILES string of the molecule is [B]c1cc(OC(=O)C(=C)C)ccc1-c1ccc(OC(=O)C(=C)C)c(F)c1. The summed E-state index contributed by atoms with van der Waals surface area (Å²) in [6.45, 7) is 9.94. The lowest BCUT2D eigenvalue weighted by molar-refractivity contribution is -0.131. The van der Waals surface area contributed by atoms with Gasteiger partial charge in [0.05, 0.1) is 0 Å². The van der Waals surface area contributed by atoms with Crippen LogP contribution in [0.3, 0.4) is 0 Å². The zero-order valence-electron chi connectivity index (χ0n) is 14.5. The van der Waals surface area contributed by atoms with E-state index in [1.807, 2.05) is 0 Å². The van der Waals surface area contributed by atoms with Crippen molar-refractivity contribution in [2.75, 3.05) is 0 Å². The highest BCUT2D eigenvalue weighted by Crippen LogP contribution is 2.26. The Bertz CT molecular complexity index is 918. The van der Waals surface area contributed by atoms with Crippen LogP contribution in [0.4, 0.5) is 4.39 Å². The van der Waals surface area contributed by atoms with E-state index in [9.17, 15) is 14.0 Å². The Morgan fingerprint density at radius 1 is 0.962 bits per heavy atom. The van der Waals surface area contributed by atoms with E-state index in [4.69, 9.17) is 17.3 Å². The van der Waals surface area contributed by atoms with Crippen molar-refractivity contribution in [3.05, 3.63) is 66.5 Å². The van der Waals surface area contributed by atoms with Crippen molar-refractivity contribution in [1.29, 1.82) is 0 Å². The predicted molar refractivity (Wildman–Crippen MR) is 98.1 cm³/mol. The van der Waals surface area contributed by atoms with Gasteiger partial charge < -0.3 is 9.47 Å². The molecule has 0 bridgehead atoms. The van der Waals surface area contributed by atoms with E-state index in [0.29, 0.717) is 16.6 Å². The quantitative estimate of drug-likeness (QED) is 0.360. The maximum atomic E-state index is 14.2. The number of benzene rings is 2. The molecule has 2 rings (SSSR count). The Morgan fingerprint density at radius 2 is 1.58 bits per heavy atom. The second-order valence-corrected chi connectivity index (χ2v) is 5.73. The van der Waals surface area contributed by atoms with Gasteiger partial charge in [-0.15, -0.1) is 0 Å². The summed E-state index contributed by atoms with van der Waals surface area (Å²) in [5, 5.41) is 0. The molecule has 0 aromatic heterocycles. The van der Waals surface area contributed by atoms with E-state index in [1.165, 1.54) is 32.0 Å². The van der Waals surface area contributed by atoms with Crippen LogP contribution in [-0.2, 0) is 9.59 Å². The third-order valence-electron chi connectivity index (χ3n) is 3.38. The average molecular weight is 350 g/mol. The van der Waals surface area contributed by atoms with Crippen molar-refractivity contribution in [1.82, 2.24) is 0 Å². The molecular formula is C20H16BFO4. The molecule has 2 radical (unpaired) electrons. The lowest BCUT2D eigenvalue weighted by Gasteiger charge is -2.11. The highest BCUT2D eigenvalue weighted by atomic mass is 19.1. The zero-order valence-corrected chi connectivity index (χ0v) is 14.5. The first kappa shape index (κ1) is 19.2. The van der Waals surface area contributed by atoms with Crippen LogP contribution in [0.5, 0.6) is 11.5 Å². The van der Waals surface area contributed by atoms with Crippen LogP contribution in [0.15, 0.2) is 60.7 Å². The van der Waals surface area contributed by atoms with Gasteiger partial charge in [0.1, 0.15) is 13.6 Å². The van der Waals surface area contributed by atoms with Gasteiger partial charge in [-0.25, -0.2) is 14.0 Å². The Morgan fingerprint density at radius 3 is 2.12 bits per heavy atom. The first-order valence-electron chi connectivity index (χ1n) is 7.64. The third-order valence-corrected chi connectivity index (χ3v) is 3.38. The number of carbonyl (C=O) groups is 2. The van der Waals surface area contributed by atoms with Crippen LogP contribution in [-0.4, -0.2) is 19.8 Å². The lowest BCUT2D eigenvalue weighted by atomic mass is 9.87. The number of halogens is 1. The van der Waals surface area contributed by atoms with E-state index in [1.54, 1.807) is 18.2 Å². The fourth-order valence-corrected chi connectivity index (χ4v) is 2.00. The highest BCUT2D eigenvalue weighted by Gasteiger charge is 2.13. The predicted octanol–water partition coefficient (Wildman–Crippen LogP) is 3.25. The molecule has 0 N–H and O–H groups in total.